The molecule has 6 heteroatoms. The van der Waals surface area contributed by atoms with Gasteiger partial charge < -0.3 is 20.1 Å². The predicted molar refractivity (Wildman–Crippen MR) is 73.7 cm³/mol. The van der Waals surface area contributed by atoms with E-state index in [1.165, 1.54) is 7.11 Å². The fourth-order valence-electron chi connectivity index (χ4n) is 2.28. The minimum Gasteiger partial charge on any atom is -0.484 e. The van der Waals surface area contributed by atoms with Crippen LogP contribution in [-0.2, 0) is 20.7 Å². The number of fused-ring (bicyclic) bond motifs is 1. The fourth-order valence-corrected chi connectivity index (χ4v) is 2.28. The van der Waals surface area contributed by atoms with E-state index in [1.807, 2.05) is 12.1 Å². The first-order chi connectivity index (χ1) is 9.61. The van der Waals surface area contributed by atoms with Crippen molar-refractivity contribution in [3.05, 3.63) is 23.8 Å². The standard InChI is InChI=1S/C14H18N2O4/c1-19-9-14(18)16-6-2-3-10-7-11(4-5-12(10)16)20-8-13(15)17/h4-5,7H,2-3,6,8-9H2,1H3,(H2,15,17). The Morgan fingerprint density at radius 3 is 2.85 bits per heavy atom. The van der Waals surface area contributed by atoms with Crippen LogP contribution < -0.4 is 15.4 Å². The highest BCUT2D eigenvalue weighted by molar-refractivity contribution is 5.95. The summed E-state index contributed by atoms with van der Waals surface area (Å²) in [6.07, 6.45) is 1.77. The van der Waals surface area contributed by atoms with E-state index in [9.17, 15) is 9.59 Å². The van der Waals surface area contributed by atoms with Gasteiger partial charge in [0.05, 0.1) is 0 Å². The van der Waals surface area contributed by atoms with Gasteiger partial charge in [-0.2, -0.15) is 0 Å². The van der Waals surface area contributed by atoms with E-state index in [4.69, 9.17) is 15.2 Å². The third-order valence-electron chi connectivity index (χ3n) is 3.12. The molecule has 0 bridgehead atoms. The van der Waals surface area contributed by atoms with Crippen LogP contribution in [0.5, 0.6) is 5.75 Å². The highest BCUT2D eigenvalue weighted by Crippen LogP contribution is 2.30. The van der Waals surface area contributed by atoms with Crippen LogP contribution in [-0.4, -0.2) is 38.7 Å². The summed E-state index contributed by atoms with van der Waals surface area (Å²) in [5.74, 6) is 0.0162. The molecule has 2 N–H and O–H groups in total. The zero-order valence-electron chi connectivity index (χ0n) is 11.4. The van der Waals surface area contributed by atoms with E-state index in [0.717, 1.165) is 24.1 Å². The number of ether oxygens (including phenoxy) is 2. The zero-order chi connectivity index (χ0) is 14.5. The van der Waals surface area contributed by atoms with Crippen LogP contribution in [0.2, 0.25) is 0 Å². The molecule has 1 aromatic carbocycles. The fraction of sp³-hybridized carbons (Fsp3) is 0.429. The lowest BCUT2D eigenvalue weighted by Crippen LogP contribution is -2.37. The molecule has 2 amide bonds. The van der Waals surface area contributed by atoms with Crippen molar-refractivity contribution < 1.29 is 19.1 Å². The van der Waals surface area contributed by atoms with Crippen molar-refractivity contribution in [3.63, 3.8) is 0 Å². The van der Waals surface area contributed by atoms with E-state index < -0.39 is 5.91 Å². The van der Waals surface area contributed by atoms with Crippen molar-refractivity contribution >= 4 is 17.5 Å². The topological polar surface area (TPSA) is 81.9 Å². The molecule has 0 atom stereocenters. The van der Waals surface area contributed by atoms with Crippen LogP contribution in [0.3, 0.4) is 0 Å². The molecule has 0 spiro atoms. The van der Waals surface area contributed by atoms with Gasteiger partial charge >= 0.3 is 0 Å². The van der Waals surface area contributed by atoms with Crippen molar-refractivity contribution in [1.29, 1.82) is 0 Å². The van der Waals surface area contributed by atoms with Crippen molar-refractivity contribution in [2.45, 2.75) is 12.8 Å². The Morgan fingerprint density at radius 1 is 1.35 bits per heavy atom. The number of hydrogen-bond donors (Lipinski definition) is 1. The third kappa shape index (κ3) is 3.27. The molecule has 0 unspecified atom stereocenters. The molecule has 0 fully saturated rings. The summed E-state index contributed by atoms with van der Waals surface area (Å²) in [5, 5.41) is 0. The molecule has 0 radical (unpaired) electrons. The Kier molecular flexibility index (Phi) is 4.57. The highest BCUT2D eigenvalue weighted by Gasteiger charge is 2.22. The number of anilines is 1. The largest absolute Gasteiger partial charge is 0.484 e. The minimum atomic E-state index is -0.514. The Labute approximate surface area is 117 Å². The van der Waals surface area contributed by atoms with Crippen LogP contribution in [0.1, 0.15) is 12.0 Å². The van der Waals surface area contributed by atoms with Crippen molar-refractivity contribution in [2.24, 2.45) is 5.73 Å². The second-order valence-electron chi connectivity index (χ2n) is 4.63. The Balaban J connectivity index is 2.17. The Hall–Kier alpha value is -2.08. The number of primary amides is 1. The summed E-state index contributed by atoms with van der Waals surface area (Å²) in [6.45, 7) is 0.612. The van der Waals surface area contributed by atoms with Gasteiger partial charge in [-0.3, -0.25) is 9.59 Å². The first-order valence-electron chi connectivity index (χ1n) is 6.45. The zero-order valence-corrected chi connectivity index (χ0v) is 11.4. The molecule has 108 valence electrons. The number of aryl methyl sites for hydroxylation is 1. The maximum absolute atomic E-state index is 12.0. The molecular formula is C14H18N2O4. The number of hydrogen-bond acceptors (Lipinski definition) is 4. The van der Waals surface area contributed by atoms with Crippen LogP contribution in [0.15, 0.2) is 18.2 Å². The number of nitrogens with zero attached hydrogens (tertiary/aromatic N) is 1. The summed E-state index contributed by atoms with van der Waals surface area (Å²) >= 11 is 0. The molecule has 1 aliphatic rings. The normalized spacial score (nSPS) is 13.8. The lowest BCUT2D eigenvalue weighted by molar-refractivity contribution is -0.122. The number of methoxy groups -OCH3 is 1. The molecule has 1 aliphatic heterocycles. The monoisotopic (exact) mass is 278 g/mol. The number of carbonyl (C=O) groups excluding carboxylic acids is 2. The smallest absolute Gasteiger partial charge is 0.255 e. The Bertz CT molecular complexity index is 516. The number of benzene rings is 1. The molecule has 0 saturated heterocycles. The van der Waals surface area contributed by atoms with Gasteiger partial charge in [0, 0.05) is 19.3 Å². The van der Waals surface area contributed by atoms with Crippen molar-refractivity contribution in [1.82, 2.24) is 0 Å². The number of nitrogens with two attached hydrogens (primary N) is 1. The van der Waals surface area contributed by atoms with Gasteiger partial charge in [0.25, 0.3) is 11.8 Å². The van der Waals surface area contributed by atoms with Gasteiger partial charge in [0.2, 0.25) is 0 Å². The van der Waals surface area contributed by atoms with Gasteiger partial charge in [0.1, 0.15) is 12.4 Å². The molecule has 20 heavy (non-hydrogen) atoms. The number of amides is 2. The summed E-state index contributed by atoms with van der Waals surface area (Å²) in [6, 6.07) is 5.42. The van der Waals surface area contributed by atoms with Gasteiger partial charge in [-0.15, -0.1) is 0 Å². The maximum Gasteiger partial charge on any atom is 0.255 e. The van der Waals surface area contributed by atoms with Gasteiger partial charge in [-0.05, 0) is 36.6 Å². The minimum absolute atomic E-state index is 0.0562. The van der Waals surface area contributed by atoms with E-state index in [1.54, 1.807) is 11.0 Å². The average Bonchev–Trinajstić information content (AvgIpc) is 2.44. The van der Waals surface area contributed by atoms with Crippen LogP contribution in [0, 0.1) is 0 Å². The van der Waals surface area contributed by atoms with Crippen LogP contribution in [0.25, 0.3) is 0 Å². The first kappa shape index (κ1) is 14.3. The lowest BCUT2D eigenvalue weighted by atomic mass is 10.0. The maximum atomic E-state index is 12.0. The SMILES string of the molecule is COCC(=O)N1CCCc2cc(OCC(N)=O)ccc21. The van der Waals surface area contributed by atoms with Gasteiger partial charge in [0.15, 0.2) is 6.61 Å². The van der Waals surface area contributed by atoms with E-state index >= 15 is 0 Å². The summed E-state index contributed by atoms with van der Waals surface area (Å²) < 4.78 is 10.2. The van der Waals surface area contributed by atoms with Crippen LogP contribution in [0.4, 0.5) is 5.69 Å². The third-order valence-corrected chi connectivity index (χ3v) is 3.12. The second kappa shape index (κ2) is 6.38. The quantitative estimate of drug-likeness (QED) is 0.849. The van der Waals surface area contributed by atoms with E-state index in [-0.39, 0.29) is 19.1 Å². The summed E-state index contributed by atoms with van der Waals surface area (Å²) in [7, 11) is 1.50. The number of rotatable bonds is 5. The van der Waals surface area contributed by atoms with Crippen molar-refractivity contribution in [3.8, 4) is 5.75 Å². The highest BCUT2D eigenvalue weighted by atomic mass is 16.5. The lowest BCUT2D eigenvalue weighted by Gasteiger charge is -2.29. The number of carbonyl (C=O) groups is 2. The van der Waals surface area contributed by atoms with Gasteiger partial charge in [-0.25, -0.2) is 0 Å². The molecule has 1 heterocycles. The molecule has 0 aliphatic carbocycles. The first-order valence-corrected chi connectivity index (χ1v) is 6.45. The average molecular weight is 278 g/mol. The predicted octanol–water partition coefficient (Wildman–Crippen LogP) is 0.476. The summed E-state index contributed by atoms with van der Waals surface area (Å²) in [5.41, 5.74) is 6.95. The van der Waals surface area contributed by atoms with E-state index in [2.05, 4.69) is 0 Å². The van der Waals surface area contributed by atoms with Crippen LogP contribution >= 0.6 is 0 Å². The molecule has 2 rings (SSSR count). The molecule has 0 saturated carbocycles. The van der Waals surface area contributed by atoms with Crippen molar-refractivity contribution in [2.75, 3.05) is 31.8 Å². The Morgan fingerprint density at radius 2 is 2.15 bits per heavy atom. The summed E-state index contributed by atoms with van der Waals surface area (Å²) in [4.78, 5) is 24.4. The molecule has 0 aromatic heterocycles. The molecule has 6 nitrogen and oxygen atoms in total. The molecule has 1 aromatic rings. The molecular weight excluding hydrogens is 260 g/mol. The second-order valence-corrected chi connectivity index (χ2v) is 4.63. The van der Waals surface area contributed by atoms with Gasteiger partial charge in [-0.1, -0.05) is 0 Å². The van der Waals surface area contributed by atoms with E-state index in [0.29, 0.717) is 12.3 Å².